The maximum absolute atomic E-state index is 11.2. The number of hydrogen-bond donors (Lipinski definition) is 2. The van der Waals surface area contributed by atoms with Crippen molar-refractivity contribution in [1.82, 2.24) is 20.1 Å². The van der Waals surface area contributed by atoms with Crippen molar-refractivity contribution in [2.75, 3.05) is 27.2 Å². The number of urea groups is 1. The first-order valence-corrected chi connectivity index (χ1v) is 5.37. The molecule has 2 N–H and O–H groups in total. The molecular weight excluding hydrogens is 204 g/mol. The van der Waals surface area contributed by atoms with E-state index in [9.17, 15) is 4.79 Å². The summed E-state index contributed by atoms with van der Waals surface area (Å²) >= 11 is 0. The van der Waals surface area contributed by atoms with E-state index in [1.54, 1.807) is 14.1 Å². The first-order chi connectivity index (χ1) is 7.61. The number of carbonyl (C=O) groups is 1. The van der Waals surface area contributed by atoms with Crippen LogP contribution in [-0.4, -0.2) is 42.7 Å². The summed E-state index contributed by atoms with van der Waals surface area (Å²) in [7, 11) is 5.48. The Kier molecular flexibility index (Phi) is 4.85. The average molecular weight is 224 g/mol. The van der Waals surface area contributed by atoms with Gasteiger partial charge in [-0.3, -0.25) is 0 Å². The Morgan fingerprint density at radius 1 is 1.44 bits per heavy atom. The molecule has 0 saturated heterocycles. The van der Waals surface area contributed by atoms with Crippen molar-refractivity contribution in [3.8, 4) is 0 Å². The molecule has 1 heterocycles. The summed E-state index contributed by atoms with van der Waals surface area (Å²) in [5.74, 6) is 0. The predicted molar refractivity (Wildman–Crippen MR) is 64.2 cm³/mol. The number of nitrogens with one attached hydrogen (secondary N) is 2. The van der Waals surface area contributed by atoms with Crippen molar-refractivity contribution < 1.29 is 4.79 Å². The summed E-state index contributed by atoms with van der Waals surface area (Å²) in [4.78, 5) is 12.7. The second-order valence-electron chi connectivity index (χ2n) is 3.91. The first-order valence-electron chi connectivity index (χ1n) is 5.37. The van der Waals surface area contributed by atoms with E-state index < -0.39 is 0 Å². The highest BCUT2D eigenvalue weighted by Gasteiger charge is 2.00. The van der Waals surface area contributed by atoms with Crippen LogP contribution >= 0.6 is 0 Å². The molecule has 16 heavy (non-hydrogen) atoms. The average Bonchev–Trinajstić information content (AvgIpc) is 2.63. The lowest BCUT2D eigenvalue weighted by molar-refractivity contribution is 0.217. The molecule has 0 spiro atoms. The molecule has 0 unspecified atom stereocenters. The fourth-order valence-corrected chi connectivity index (χ4v) is 1.31. The molecule has 0 fully saturated rings. The highest BCUT2D eigenvalue weighted by molar-refractivity contribution is 5.73. The Bertz CT molecular complexity index is 332. The largest absolute Gasteiger partial charge is 0.353 e. The van der Waals surface area contributed by atoms with E-state index in [2.05, 4.69) is 21.3 Å². The number of rotatable bonds is 5. The Labute approximate surface area is 96.4 Å². The minimum Gasteiger partial charge on any atom is -0.353 e. The van der Waals surface area contributed by atoms with Gasteiger partial charge in [0.15, 0.2) is 0 Å². The highest BCUT2D eigenvalue weighted by Crippen LogP contribution is 1.97. The van der Waals surface area contributed by atoms with Crippen LogP contribution in [0.4, 0.5) is 4.79 Å². The maximum Gasteiger partial charge on any atom is 0.316 e. The molecule has 2 amide bonds. The molecule has 1 aromatic heterocycles. The minimum atomic E-state index is -0.0549. The quantitative estimate of drug-likeness (QED) is 0.711. The SMILES string of the molecule is CN(C)C(=O)NCCNCc1cccn1C. The second kappa shape index (κ2) is 6.17. The minimum absolute atomic E-state index is 0.0549. The second-order valence-corrected chi connectivity index (χ2v) is 3.91. The van der Waals surface area contributed by atoms with Gasteiger partial charge in [-0.1, -0.05) is 0 Å². The van der Waals surface area contributed by atoms with Gasteiger partial charge in [0.1, 0.15) is 0 Å². The van der Waals surface area contributed by atoms with Gasteiger partial charge in [0.05, 0.1) is 0 Å². The van der Waals surface area contributed by atoms with Crippen LogP contribution in [0.2, 0.25) is 0 Å². The van der Waals surface area contributed by atoms with Gasteiger partial charge in [-0.2, -0.15) is 0 Å². The van der Waals surface area contributed by atoms with E-state index in [1.807, 2.05) is 19.3 Å². The third-order valence-corrected chi connectivity index (χ3v) is 2.34. The lowest BCUT2D eigenvalue weighted by Crippen LogP contribution is -2.38. The van der Waals surface area contributed by atoms with Crippen molar-refractivity contribution in [2.45, 2.75) is 6.54 Å². The predicted octanol–water partition coefficient (Wildman–Crippen LogP) is 0.386. The zero-order valence-corrected chi connectivity index (χ0v) is 10.2. The number of aryl methyl sites for hydroxylation is 1. The molecule has 1 rings (SSSR count). The summed E-state index contributed by atoms with van der Waals surface area (Å²) < 4.78 is 2.07. The fraction of sp³-hybridized carbons (Fsp3) is 0.545. The van der Waals surface area contributed by atoms with Gasteiger partial charge in [-0.15, -0.1) is 0 Å². The molecule has 0 aliphatic heterocycles. The van der Waals surface area contributed by atoms with Crippen molar-refractivity contribution in [3.05, 3.63) is 24.0 Å². The van der Waals surface area contributed by atoms with Gasteiger partial charge in [0, 0.05) is 52.7 Å². The molecule has 0 aliphatic rings. The standard InChI is InChI=1S/C11H20N4O/c1-14(2)11(16)13-7-6-12-9-10-5-4-8-15(10)3/h4-5,8,12H,6-7,9H2,1-3H3,(H,13,16). The summed E-state index contributed by atoms with van der Waals surface area (Å²) in [6, 6.07) is 4.04. The van der Waals surface area contributed by atoms with Gasteiger partial charge in [-0.25, -0.2) is 4.79 Å². The highest BCUT2D eigenvalue weighted by atomic mass is 16.2. The molecule has 0 atom stereocenters. The molecule has 0 bridgehead atoms. The lowest BCUT2D eigenvalue weighted by atomic mass is 10.4. The van der Waals surface area contributed by atoms with Crippen LogP contribution in [0.25, 0.3) is 0 Å². The van der Waals surface area contributed by atoms with E-state index in [1.165, 1.54) is 10.6 Å². The third-order valence-electron chi connectivity index (χ3n) is 2.34. The maximum atomic E-state index is 11.2. The van der Waals surface area contributed by atoms with Crippen LogP contribution < -0.4 is 10.6 Å². The van der Waals surface area contributed by atoms with Crippen molar-refractivity contribution in [1.29, 1.82) is 0 Å². The molecule has 0 saturated carbocycles. The van der Waals surface area contributed by atoms with Crippen molar-refractivity contribution >= 4 is 6.03 Å². The third kappa shape index (κ3) is 3.94. The number of carbonyl (C=O) groups excluding carboxylic acids is 1. The van der Waals surface area contributed by atoms with E-state index in [-0.39, 0.29) is 6.03 Å². The number of hydrogen-bond acceptors (Lipinski definition) is 2. The van der Waals surface area contributed by atoms with E-state index >= 15 is 0 Å². The molecular formula is C11H20N4O. The Balaban J connectivity index is 2.09. The van der Waals surface area contributed by atoms with Gasteiger partial charge >= 0.3 is 6.03 Å². The van der Waals surface area contributed by atoms with Gasteiger partial charge < -0.3 is 20.1 Å². The Morgan fingerprint density at radius 2 is 2.19 bits per heavy atom. The Morgan fingerprint density at radius 3 is 2.75 bits per heavy atom. The first kappa shape index (κ1) is 12.6. The molecule has 5 heteroatoms. The topological polar surface area (TPSA) is 49.3 Å². The molecule has 5 nitrogen and oxygen atoms in total. The smallest absolute Gasteiger partial charge is 0.316 e. The van der Waals surface area contributed by atoms with Crippen LogP contribution in [0.15, 0.2) is 18.3 Å². The fourth-order valence-electron chi connectivity index (χ4n) is 1.31. The van der Waals surface area contributed by atoms with Crippen molar-refractivity contribution in [2.24, 2.45) is 7.05 Å². The van der Waals surface area contributed by atoms with E-state index in [0.717, 1.165) is 13.1 Å². The summed E-state index contributed by atoms with van der Waals surface area (Å²) in [5.41, 5.74) is 1.24. The number of aromatic nitrogens is 1. The van der Waals surface area contributed by atoms with Crippen LogP contribution in [-0.2, 0) is 13.6 Å². The van der Waals surface area contributed by atoms with E-state index in [4.69, 9.17) is 0 Å². The lowest BCUT2D eigenvalue weighted by Gasteiger charge is -2.12. The van der Waals surface area contributed by atoms with Gasteiger partial charge in [0.2, 0.25) is 0 Å². The Hall–Kier alpha value is -1.49. The molecule has 1 aromatic rings. The summed E-state index contributed by atoms with van der Waals surface area (Å²) in [5, 5.41) is 6.06. The number of nitrogens with zero attached hydrogens (tertiary/aromatic N) is 2. The molecule has 0 radical (unpaired) electrons. The molecule has 0 aromatic carbocycles. The molecule has 0 aliphatic carbocycles. The molecule has 90 valence electrons. The zero-order valence-electron chi connectivity index (χ0n) is 10.2. The van der Waals surface area contributed by atoms with Gasteiger partial charge in [0.25, 0.3) is 0 Å². The van der Waals surface area contributed by atoms with Crippen LogP contribution in [0.5, 0.6) is 0 Å². The number of amides is 2. The van der Waals surface area contributed by atoms with Crippen LogP contribution in [0, 0.1) is 0 Å². The van der Waals surface area contributed by atoms with Gasteiger partial charge in [-0.05, 0) is 12.1 Å². The summed E-state index contributed by atoms with van der Waals surface area (Å²) in [6.45, 7) is 2.23. The summed E-state index contributed by atoms with van der Waals surface area (Å²) in [6.07, 6.45) is 2.02. The van der Waals surface area contributed by atoms with Crippen LogP contribution in [0.1, 0.15) is 5.69 Å². The normalized spacial score (nSPS) is 10.2. The van der Waals surface area contributed by atoms with Crippen molar-refractivity contribution in [3.63, 3.8) is 0 Å². The zero-order chi connectivity index (χ0) is 12.0. The van der Waals surface area contributed by atoms with E-state index in [0.29, 0.717) is 6.54 Å². The van der Waals surface area contributed by atoms with Crippen LogP contribution in [0.3, 0.4) is 0 Å². The monoisotopic (exact) mass is 224 g/mol.